The van der Waals surface area contributed by atoms with Crippen molar-refractivity contribution in [2.24, 2.45) is 5.73 Å². The third kappa shape index (κ3) is 1.57. The second kappa shape index (κ2) is 3.74. The minimum absolute atomic E-state index is 0.139. The standard InChI is InChI=1S/C9H13N3OS/c1-5(10)8-11-7-4-14-3-6(7)9(12-8)13-2/h5H,3-4,10H2,1-2H3. The molecule has 0 saturated carbocycles. The Morgan fingerprint density at radius 1 is 1.43 bits per heavy atom. The van der Waals surface area contributed by atoms with Crippen LogP contribution in [-0.4, -0.2) is 17.1 Å². The summed E-state index contributed by atoms with van der Waals surface area (Å²) in [5.41, 5.74) is 7.95. The van der Waals surface area contributed by atoms with Crippen LogP contribution >= 0.6 is 11.8 Å². The Balaban J connectivity index is 2.49. The van der Waals surface area contributed by atoms with Crippen molar-refractivity contribution in [3.05, 3.63) is 17.1 Å². The number of rotatable bonds is 2. The second-order valence-corrected chi connectivity index (χ2v) is 4.28. The predicted molar refractivity (Wildman–Crippen MR) is 56.2 cm³/mol. The van der Waals surface area contributed by atoms with Crippen LogP contribution in [0.1, 0.15) is 30.0 Å². The summed E-state index contributed by atoms with van der Waals surface area (Å²) in [5, 5.41) is 0. The van der Waals surface area contributed by atoms with E-state index in [1.165, 1.54) is 0 Å². The zero-order valence-corrected chi connectivity index (χ0v) is 9.10. The van der Waals surface area contributed by atoms with E-state index in [1.807, 2.05) is 18.7 Å². The van der Waals surface area contributed by atoms with Gasteiger partial charge in [-0.25, -0.2) is 4.98 Å². The molecule has 2 heterocycles. The molecule has 2 rings (SSSR count). The fourth-order valence-corrected chi connectivity index (χ4v) is 2.44. The van der Waals surface area contributed by atoms with Crippen LogP contribution < -0.4 is 10.5 Å². The summed E-state index contributed by atoms with van der Waals surface area (Å²) in [6.45, 7) is 1.88. The quantitative estimate of drug-likeness (QED) is 0.797. The molecule has 4 nitrogen and oxygen atoms in total. The molecule has 1 aliphatic heterocycles. The van der Waals surface area contributed by atoms with Gasteiger partial charge in [-0.3, -0.25) is 0 Å². The van der Waals surface area contributed by atoms with E-state index in [0.29, 0.717) is 11.7 Å². The molecule has 14 heavy (non-hydrogen) atoms. The Morgan fingerprint density at radius 3 is 2.86 bits per heavy atom. The molecule has 1 aromatic heterocycles. The van der Waals surface area contributed by atoms with Crippen molar-refractivity contribution in [2.75, 3.05) is 7.11 Å². The summed E-state index contributed by atoms with van der Waals surface area (Å²) in [7, 11) is 1.64. The Hall–Kier alpha value is -0.810. The lowest BCUT2D eigenvalue weighted by Gasteiger charge is -2.09. The monoisotopic (exact) mass is 211 g/mol. The molecule has 5 heteroatoms. The highest BCUT2D eigenvalue weighted by molar-refractivity contribution is 7.98. The highest BCUT2D eigenvalue weighted by Gasteiger charge is 2.21. The molecule has 0 saturated heterocycles. The lowest BCUT2D eigenvalue weighted by atomic mass is 10.2. The van der Waals surface area contributed by atoms with E-state index in [0.717, 1.165) is 22.8 Å². The smallest absolute Gasteiger partial charge is 0.220 e. The fourth-order valence-electron chi connectivity index (χ4n) is 1.41. The van der Waals surface area contributed by atoms with Gasteiger partial charge in [0.05, 0.1) is 18.8 Å². The molecule has 2 N–H and O–H groups in total. The topological polar surface area (TPSA) is 61.0 Å². The lowest BCUT2D eigenvalue weighted by Crippen LogP contribution is -2.12. The van der Waals surface area contributed by atoms with Crippen molar-refractivity contribution in [1.82, 2.24) is 9.97 Å². The van der Waals surface area contributed by atoms with Crippen molar-refractivity contribution < 1.29 is 4.74 Å². The zero-order valence-electron chi connectivity index (χ0n) is 8.28. The minimum atomic E-state index is -0.139. The molecule has 1 atom stereocenters. The van der Waals surface area contributed by atoms with Gasteiger partial charge in [0, 0.05) is 17.1 Å². The summed E-state index contributed by atoms with van der Waals surface area (Å²) in [6.07, 6.45) is 0. The van der Waals surface area contributed by atoms with E-state index in [-0.39, 0.29) is 6.04 Å². The summed E-state index contributed by atoms with van der Waals surface area (Å²) in [5.74, 6) is 3.24. The molecule has 76 valence electrons. The summed E-state index contributed by atoms with van der Waals surface area (Å²) in [6, 6.07) is -0.139. The number of nitrogens with zero attached hydrogens (tertiary/aromatic N) is 2. The number of thioether (sulfide) groups is 1. The van der Waals surface area contributed by atoms with Crippen molar-refractivity contribution in [2.45, 2.75) is 24.5 Å². The molecule has 1 aromatic rings. The van der Waals surface area contributed by atoms with Gasteiger partial charge in [0.1, 0.15) is 5.82 Å². The van der Waals surface area contributed by atoms with Gasteiger partial charge < -0.3 is 10.5 Å². The molecule has 1 aliphatic rings. The van der Waals surface area contributed by atoms with Gasteiger partial charge in [-0.05, 0) is 6.92 Å². The first-order chi connectivity index (χ1) is 6.72. The molecule has 0 spiro atoms. The number of nitrogens with two attached hydrogens (primary N) is 1. The number of hydrogen-bond acceptors (Lipinski definition) is 5. The third-order valence-corrected chi connectivity index (χ3v) is 3.13. The molecule has 0 fully saturated rings. The Kier molecular flexibility index (Phi) is 2.60. The van der Waals surface area contributed by atoms with Crippen molar-refractivity contribution >= 4 is 11.8 Å². The van der Waals surface area contributed by atoms with E-state index in [4.69, 9.17) is 10.5 Å². The number of methoxy groups -OCH3 is 1. The molecular weight excluding hydrogens is 198 g/mol. The molecule has 1 unspecified atom stereocenters. The first kappa shape index (κ1) is 9.73. The lowest BCUT2D eigenvalue weighted by molar-refractivity contribution is 0.389. The molecule has 0 bridgehead atoms. The first-order valence-electron chi connectivity index (χ1n) is 4.49. The van der Waals surface area contributed by atoms with Gasteiger partial charge in [0.2, 0.25) is 5.88 Å². The largest absolute Gasteiger partial charge is 0.481 e. The number of fused-ring (bicyclic) bond motifs is 1. The van der Waals surface area contributed by atoms with Gasteiger partial charge in [-0.1, -0.05) is 0 Å². The van der Waals surface area contributed by atoms with E-state index in [9.17, 15) is 0 Å². The van der Waals surface area contributed by atoms with E-state index in [2.05, 4.69) is 9.97 Å². The number of aromatic nitrogens is 2. The van der Waals surface area contributed by atoms with Gasteiger partial charge in [-0.15, -0.1) is 0 Å². The molecule has 0 aromatic carbocycles. The summed E-state index contributed by atoms with van der Waals surface area (Å²) >= 11 is 1.83. The van der Waals surface area contributed by atoms with Gasteiger partial charge in [0.15, 0.2) is 0 Å². The Labute approximate surface area is 87.3 Å². The van der Waals surface area contributed by atoms with Crippen LogP contribution in [0.2, 0.25) is 0 Å². The van der Waals surface area contributed by atoms with Crippen LogP contribution in [0.5, 0.6) is 5.88 Å². The maximum Gasteiger partial charge on any atom is 0.220 e. The number of hydrogen-bond donors (Lipinski definition) is 1. The molecule has 0 amide bonds. The summed E-state index contributed by atoms with van der Waals surface area (Å²) < 4.78 is 5.23. The molecular formula is C9H13N3OS. The highest BCUT2D eigenvalue weighted by atomic mass is 32.2. The first-order valence-corrected chi connectivity index (χ1v) is 5.65. The van der Waals surface area contributed by atoms with Crippen LogP contribution in [0.3, 0.4) is 0 Å². The van der Waals surface area contributed by atoms with Crippen molar-refractivity contribution in [3.8, 4) is 5.88 Å². The van der Waals surface area contributed by atoms with Crippen LogP contribution in [0, 0.1) is 0 Å². The number of ether oxygens (including phenoxy) is 1. The average Bonchev–Trinajstić information content (AvgIpc) is 2.63. The Bertz CT molecular complexity index is 354. The van der Waals surface area contributed by atoms with Crippen LogP contribution in [0.15, 0.2) is 0 Å². The molecule has 0 radical (unpaired) electrons. The SMILES string of the molecule is COc1nc(C(C)N)nc2c1CSC2. The fraction of sp³-hybridized carbons (Fsp3) is 0.556. The van der Waals surface area contributed by atoms with Crippen LogP contribution in [-0.2, 0) is 11.5 Å². The van der Waals surface area contributed by atoms with Crippen LogP contribution in [0.4, 0.5) is 0 Å². The maximum atomic E-state index is 5.74. The van der Waals surface area contributed by atoms with Crippen LogP contribution in [0.25, 0.3) is 0 Å². The predicted octanol–water partition coefficient (Wildman–Crippen LogP) is 1.25. The van der Waals surface area contributed by atoms with E-state index >= 15 is 0 Å². The van der Waals surface area contributed by atoms with Gasteiger partial charge >= 0.3 is 0 Å². The Morgan fingerprint density at radius 2 is 2.21 bits per heavy atom. The molecule has 0 aliphatic carbocycles. The third-order valence-electron chi connectivity index (χ3n) is 2.16. The van der Waals surface area contributed by atoms with Crippen molar-refractivity contribution in [1.29, 1.82) is 0 Å². The normalized spacial score (nSPS) is 16.5. The van der Waals surface area contributed by atoms with Gasteiger partial charge in [-0.2, -0.15) is 16.7 Å². The van der Waals surface area contributed by atoms with Gasteiger partial charge in [0.25, 0.3) is 0 Å². The highest BCUT2D eigenvalue weighted by Crippen LogP contribution is 2.34. The maximum absolute atomic E-state index is 5.74. The summed E-state index contributed by atoms with van der Waals surface area (Å²) in [4.78, 5) is 8.72. The van der Waals surface area contributed by atoms with E-state index in [1.54, 1.807) is 7.11 Å². The van der Waals surface area contributed by atoms with E-state index < -0.39 is 0 Å². The zero-order chi connectivity index (χ0) is 10.1. The second-order valence-electron chi connectivity index (χ2n) is 3.30. The minimum Gasteiger partial charge on any atom is -0.481 e. The van der Waals surface area contributed by atoms with Crippen molar-refractivity contribution in [3.63, 3.8) is 0 Å². The average molecular weight is 211 g/mol.